The molecule has 0 fully saturated rings. The second-order valence-electron chi connectivity index (χ2n) is 4.16. The zero-order chi connectivity index (χ0) is 14.9. The minimum atomic E-state index is -3.57. The lowest BCUT2D eigenvalue weighted by Gasteiger charge is -2.23. The molecule has 4 nitrogen and oxygen atoms in total. The Morgan fingerprint density at radius 1 is 1.40 bits per heavy atom. The summed E-state index contributed by atoms with van der Waals surface area (Å²) in [5.41, 5.74) is 0.882. The second kappa shape index (κ2) is 6.11. The van der Waals surface area contributed by atoms with E-state index in [4.69, 9.17) is 11.6 Å². The van der Waals surface area contributed by atoms with Crippen LogP contribution in [0.3, 0.4) is 0 Å². The molecule has 0 saturated carbocycles. The Bertz CT molecular complexity index is 684. The average molecular weight is 396 g/mol. The van der Waals surface area contributed by atoms with E-state index in [2.05, 4.69) is 20.9 Å². The van der Waals surface area contributed by atoms with Crippen molar-refractivity contribution in [1.29, 1.82) is 0 Å². The van der Waals surface area contributed by atoms with Crippen LogP contribution in [0.25, 0.3) is 0 Å². The SMILES string of the molecule is CC(c1ccncc1)N(C)S(=O)(=O)c1cc(Cl)c(Br)s1. The Morgan fingerprint density at radius 2 is 2.00 bits per heavy atom. The van der Waals surface area contributed by atoms with Gasteiger partial charge in [-0.25, -0.2) is 8.42 Å². The topological polar surface area (TPSA) is 50.3 Å². The van der Waals surface area contributed by atoms with Gasteiger partial charge in [-0.05, 0) is 46.6 Å². The lowest BCUT2D eigenvalue weighted by molar-refractivity contribution is 0.399. The molecule has 0 bridgehead atoms. The van der Waals surface area contributed by atoms with Gasteiger partial charge in [0.15, 0.2) is 0 Å². The van der Waals surface area contributed by atoms with Crippen molar-refractivity contribution in [2.75, 3.05) is 7.05 Å². The molecule has 0 aliphatic carbocycles. The first-order valence-electron chi connectivity index (χ1n) is 5.67. The molecular formula is C12H12BrClN2O2S2. The first kappa shape index (κ1) is 15.9. The van der Waals surface area contributed by atoms with Crippen molar-refractivity contribution < 1.29 is 8.42 Å². The highest BCUT2D eigenvalue weighted by atomic mass is 79.9. The summed E-state index contributed by atoms with van der Waals surface area (Å²) in [5, 5.41) is 0.401. The first-order valence-corrected chi connectivity index (χ1v) is 9.09. The molecule has 0 aliphatic heterocycles. The van der Waals surface area contributed by atoms with Gasteiger partial charge >= 0.3 is 0 Å². The van der Waals surface area contributed by atoms with Gasteiger partial charge < -0.3 is 0 Å². The fraction of sp³-hybridized carbons (Fsp3) is 0.250. The molecule has 108 valence electrons. The predicted molar refractivity (Wildman–Crippen MR) is 84.6 cm³/mol. The van der Waals surface area contributed by atoms with Crippen molar-refractivity contribution in [1.82, 2.24) is 9.29 Å². The van der Waals surface area contributed by atoms with Crippen LogP contribution in [-0.4, -0.2) is 24.8 Å². The number of rotatable bonds is 4. The van der Waals surface area contributed by atoms with E-state index in [0.29, 0.717) is 8.81 Å². The van der Waals surface area contributed by atoms with E-state index >= 15 is 0 Å². The first-order chi connectivity index (χ1) is 9.34. The molecule has 0 aliphatic rings. The van der Waals surface area contributed by atoms with Gasteiger partial charge in [0.2, 0.25) is 0 Å². The fourth-order valence-corrected chi connectivity index (χ4v) is 5.59. The Balaban J connectivity index is 2.34. The van der Waals surface area contributed by atoms with Crippen molar-refractivity contribution in [3.8, 4) is 0 Å². The van der Waals surface area contributed by atoms with Gasteiger partial charge in [-0.15, -0.1) is 11.3 Å². The highest BCUT2D eigenvalue weighted by Crippen LogP contribution is 2.37. The van der Waals surface area contributed by atoms with Gasteiger partial charge in [0, 0.05) is 25.5 Å². The van der Waals surface area contributed by atoms with E-state index in [1.165, 1.54) is 10.4 Å². The monoisotopic (exact) mass is 394 g/mol. The highest BCUT2D eigenvalue weighted by molar-refractivity contribution is 9.11. The van der Waals surface area contributed by atoms with Crippen LogP contribution in [-0.2, 0) is 10.0 Å². The number of nitrogens with zero attached hydrogens (tertiary/aromatic N) is 2. The fourth-order valence-electron chi connectivity index (χ4n) is 1.66. The predicted octanol–water partition coefficient (Wildman–Crippen LogP) is 3.94. The van der Waals surface area contributed by atoms with Crippen molar-refractivity contribution in [3.63, 3.8) is 0 Å². The van der Waals surface area contributed by atoms with Crippen LogP contribution in [0, 0.1) is 0 Å². The number of aromatic nitrogens is 1. The van der Waals surface area contributed by atoms with Crippen LogP contribution < -0.4 is 0 Å². The van der Waals surface area contributed by atoms with Crippen molar-refractivity contribution in [2.24, 2.45) is 0 Å². The third-order valence-electron chi connectivity index (χ3n) is 2.99. The molecule has 0 spiro atoms. The zero-order valence-electron chi connectivity index (χ0n) is 10.7. The number of thiophene rings is 1. The molecular weight excluding hydrogens is 384 g/mol. The Kier molecular flexibility index (Phi) is 4.86. The number of hydrogen-bond donors (Lipinski definition) is 0. The molecule has 0 N–H and O–H groups in total. The number of sulfonamides is 1. The molecule has 0 amide bonds. The van der Waals surface area contributed by atoms with E-state index in [1.807, 2.05) is 6.92 Å². The molecule has 20 heavy (non-hydrogen) atoms. The van der Waals surface area contributed by atoms with Crippen LogP contribution in [0.15, 0.2) is 38.6 Å². The molecule has 1 unspecified atom stereocenters. The summed E-state index contributed by atoms with van der Waals surface area (Å²) in [4.78, 5) is 3.93. The van der Waals surface area contributed by atoms with Crippen LogP contribution in [0.2, 0.25) is 5.02 Å². The summed E-state index contributed by atoms with van der Waals surface area (Å²) in [6.07, 6.45) is 3.29. The largest absolute Gasteiger partial charge is 0.265 e. The summed E-state index contributed by atoms with van der Waals surface area (Å²) in [7, 11) is -2.01. The van der Waals surface area contributed by atoms with E-state index in [1.54, 1.807) is 31.6 Å². The van der Waals surface area contributed by atoms with Crippen LogP contribution in [0.5, 0.6) is 0 Å². The average Bonchev–Trinajstić information content (AvgIpc) is 2.78. The minimum Gasteiger partial charge on any atom is -0.265 e. The summed E-state index contributed by atoms with van der Waals surface area (Å²) in [5.74, 6) is 0. The lowest BCUT2D eigenvalue weighted by Crippen LogP contribution is -2.29. The van der Waals surface area contributed by atoms with Gasteiger partial charge in [-0.2, -0.15) is 4.31 Å². The molecule has 0 saturated heterocycles. The number of pyridine rings is 1. The third kappa shape index (κ3) is 3.07. The smallest absolute Gasteiger partial charge is 0.252 e. The molecule has 2 heterocycles. The molecule has 2 aromatic rings. The van der Waals surface area contributed by atoms with Crippen LogP contribution in [0.1, 0.15) is 18.5 Å². The zero-order valence-corrected chi connectivity index (χ0v) is 14.7. The van der Waals surface area contributed by atoms with Gasteiger partial charge in [0.25, 0.3) is 10.0 Å². The van der Waals surface area contributed by atoms with Crippen LogP contribution in [0.4, 0.5) is 0 Å². The summed E-state index contributed by atoms with van der Waals surface area (Å²) >= 11 is 10.2. The van der Waals surface area contributed by atoms with Crippen molar-refractivity contribution >= 4 is 48.9 Å². The summed E-state index contributed by atoms with van der Waals surface area (Å²) in [6.45, 7) is 1.83. The highest BCUT2D eigenvalue weighted by Gasteiger charge is 2.28. The molecule has 0 aromatic carbocycles. The van der Waals surface area contributed by atoms with E-state index < -0.39 is 10.0 Å². The lowest BCUT2D eigenvalue weighted by atomic mass is 10.1. The molecule has 2 aromatic heterocycles. The van der Waals surface area contributed by atoms with Gasteiger partial charge in [0.05, 0.1) is 8.81 Å². The quantitative estimate of drug-likeness (QED) is 0.788. The molecule has 8 heteroatoms. The van der Waals surface area contributed by atoms with Gasteiger partial charge in [0.1, 0.15) is 4.21 Å². The molecule has 0 radical (unpaired) electrons. The van der Waals surface area contributed by atoms with E-state index in [-0.39, 0.29) is 10.3 Å². The van der Waals surface area contributed by atoms with E-state index in [0.717, 1.165) is 16.9 Å². The third-order valence-corrected chi connectivity index (χ3v) is 7.84. The van der Waals surface area contributed by atoms with Gasteiger partial charge in [-0.3, -0.25) is 4.98 Å². The standard InChI is InChI=1S/C12H12BrClN2O2S2/c1-8(9-3-5-15-6-4-9)16(2)20(17,18)11-7-10(14)12(13)19-11/h3-8H,1-2H3. The second-order valence-corrected chi connectivity index (χ2v) is 9.17. The molecule has 2 rings (SSSR count). The van der Waals surface area contributed by atoms with Crippen LogP contribution >= 0.6 is 38.9 Å². The maximum atomic E-state index is 12.6. The number of halogens is 2. The Morgan fingerprint density at radius 3 is 2.50 bits per heavy atom. The minimum absolute atomic E-state index is 0.220. The summed E-state index contributed by atoms with van der Waals surface area (Å²) in [6, 6.07) is 4.77. The maximum absolute atomic E-state index is 12.6. The van der Waals surface area contributed by atoms with Crippen molar-refractivity contribution in [3.05, 3.63) is 45.0 Å². The number of hydrogen-bond acceptors (Lipinski definition) is 4. The van der Waals surface area contributed by atoms with Gasteiger partial charge in [-0.1, -0.05) is 11.6 Å². The summed E-state index contributed by atoms with van der Waals surface area (Å²) < 4.78 is 27.3. The Labute approximate surface area is 135 Å². The van der Waals surface area contributed by atoms with E-state index in [9.17, 15) is 8.42 Å². The Hall–Kier alpha value is -0.470. The normalized spacial score (nSPS) is 13.7. The maximum Gasteiger partial charge on any atom is 0.252 e. The molecule has 1 atom stereocenters. The van der Waals surface area contributed by atoms with Crippen molar-refractivity contribution in [2.45, 2.75) is 17.2 Å².